The largest absolute Gasteiger partial charge is 0.377 e. The fraction of sp³-hybridized carbons (Fsp3) is 0.167. The van der Waals surface area contributed by atoms with Crippen LogP contribution in [0, 0.1) is 11.6 Å². The van der Waals surface area contributed by atoms with Gasteiger partial charge in [-0.25, -0.2) is 8.78 Å². The Labute approximate surface area is 97.5 Å². The number of hydrogen-bond donors (Lipinski definition) is 1. The van der Waals surface area contributed by atoms with Crippen LogP contribution in [0.2, 0.25) is 0 Å². The van der Waals surface area contributed by atoms with Gasteiger partial charge in [-0.1, -0.05) is 0 Å². The molecular formula is C12H11F2N3. The van der Waals surface area contributed by atoms with Crippen LogP contribution in [0.15, 0.2) is 36.8 Å². The smallest absolute Gasteiger partial charge is 0.160 e. The van der Waals surface area contributed by atoms with E-state index in [0.717, 1.165) is 17.8 Å². The van der Waals surface area contributed by atoms with Crippen molar-refractivity contribution < 1.29 is 8.78 Å². The number of aromatic nitrogens is 2. The molecule has 2 rings (SSSR count). The van der Waals surface area contributed by atoms with Gasteiger partial charge in [0.25, 0.3) is 0 Å². The van der Waals surface area contributed by atoms with E-state index in [0.29, 0.717) is 5.69 Å². The summed E-state index contributed by atoms with van der Waals surface area (Å²) in [6.07, 6.45) is 4.78. The summed E-state index contributed by atoms with van der Waals surface area (Å²) in [5.41, 5.74) is 1.24. The molecule has 1 aromatic carbocycles. The van der Waals surface area contributed by atoms with Crippen molar-refractivity contribution in [2.75, 3.05) is 5.32 Å². The van der Waals surface area contributed by atoms with E-state index >= 15 is 0 Å². The molecule has 0 amide bonds. The van der Waals surface area contributed by atoms with Gasteiger partial charge in [0.15, 0.2) is 11.6 Å². The van der Waals surface area contributed by atoms with Gasteiger partial charge >= 0.3 is 0 Å². The maximum Gasteiger partial charge on any atom is 0.160 e. The first-order valence-corrected chi connectivity index (χ1v) is 5.14. The predicted octanol–water partition coefficient (Wildman–Crippen LogP) is 2.93. The standard InChI is InChI=1S/C12H11F2N3/c1-8(12-7-15-4-5-16-12)17-9-2-3-10(13)11(14)6-9/h2-8,17H,1H3. The van der Waals surface area contributed by atoms with Crippen LogP contribution in [0.3, 0.4) is 0 Å². The summed E-state index contributed by atoms with van der Waals surface area (Å²) in [6, 6.07) is 3.54. The van der Waals surface area contributed by atoms with Crippen molar-refractivity contribution in [3.63, 3.8) is 0 Å². The highest BCUT2D eigenvalue weighted by Crippen LogP contribution is 2.18. The maximum absolute atomic E-state index is 13.0. The van der Waals surface area contributed by atoms with Crippen LogP contribution in [0.1, 0.15) is 18.7 Å². The molecule has 3 nitrogen and oxygen atoms in total. The van der Waals surface area contributed by atoms with Gasteiger partial charge in [0.05, 0.1) is 17.9 Å². The molecule has 0 aliphatic carbocycles. The Morgan fingerprint density at radius 1 is 1.18 bits per heavy atom. The second-order valence-corrected chi connectivity index (χ2v) is 3.63. The Kier molecular flexibility index (Phi) is 3.27. The molecule has 1 heterocycles. The third kappa shape index (κ3) is 2.75. The fourth-order valence-corrected chi connectivity index (χ4v) is 1.44. The molecule has 0 aliphatic rings. The molecule has 1 unspecified atom stereocenters. The minimum Gasteiger partial charge on any atom is -0.377 e. The molecule has 0 spiro atoms. The molecule has 0 bridgehead atoms. The number of rotatable bonds is 3. The third-order valence-corrected chi connectivity index (χ3v) is 2.33. The van der Waals surface area contributed by atoms with Crippen molar-refractivity contribution in [3.05, 3.63) is 54.1 Å². The lowest BCUT2D eigenvalue weighted by molar-refractivity contribution is 0.509. The minimum atomic E-state index is -0.874. The molecule has 0 aliphatic heterocycles. The van der Waals surface area contributed by atoms with Crippen molar-refractivity contribution in [1.82, 2.24) is 9.97 Å². The lowest BCUT2D eigenvalue weighted by Gasteiger charge is -2.14. The normalized spacial score (nSPS) is 12.2. The van der Waals surface area contributed by atoms with Crippen LogP contribution >= 0.6 is 0 Å². The van der Waals surface area contributed by atoms with Crippen LogP contribution < -0.4 is 5.32 Å². The van der Waals surface area contributed by atoms with Crippen molar-refractivity contribution in [2.24, 2.45) is 0 Å². The van der Waals surface area contributed by atoms with Crippen LogP contribution in [0.4, 0.5) is 14.5 Å². The van der Waals surface area contributed by atoms with Crippen LogP contribution in [0.5, 0.6) is 0 Å². The molecule has 1 atom stereocenters. The molecule has 0 saturated heterocycles. The zero-order valence-electron chi connectivity index (χ0n) is 9.19. The van der Waals surface area contributed by atoms with Crippen molar-refractivity contribution >= 4 is 5.69 Å². The zero-order valence-corrected chi connectivity index (χ0v) is 9.19. The first kappa shape index (κ1) is 11.4. The molecule has 1 aromatic heterocycles. The van der Waals surface area contributed by atoms with Gasteiger partial charge in [-0.3, -0.25) is 9.97 Å². The molecule has 0 radical (unpaired) electrons. The Morgan fingerprint density at radius 2 is 2.00 bits per heavy atom. The SMILES string of the molecule is CC(Nc1ccc(F)c(F)c1)c1cnccn1. The van der Waals surface area contributed by atoms with Crippen LogP contribution in [-0.2, 0) is 0 Å². The Balaban J connectivity index is 2.13. The number of nitrogens with one attached hydrogen (secondary N) is 1. The molecule has 2 aromatic rings. The first-order chi connectivity index (χ1) is 8.16. The number of anilines is 1. The molecular weight excluding hydrogens is 224 g/mol. The number of nitrogens with zero attached hydrogens (tertiary/aromatic N) is 2. The lowest BCUT2D eigenvalue weighted by atomic mass is 10.2. The molecule has 88 valence electrons. The molecule has 0 fully saturated rings. The lowest BCUT2D eigenvalue weighted by Crippen LogP contribution is -2.08. The van der Waals surface area contributed by atoms with Gasteiger partial charge in [-0.05, 0) is 19.1 Å². The maximum atomic E-state index is 13.0. The topological polar surface area (TPSA) is 37.8 Å². The van der Waals surface area contributed by atoms with Crippen molar-refractivity contribution in [3.8, 4) is 0 Å². The van der Waals surface area contributed by atoms with E-state index in [1.807, 2.05) is 6.92 Å². The van der Waals surface area contributed by atoms with E-state index < -0.39 is 11.6 Å². The number of benzene rings is 1. The van der Waals surface area contributed by atoms with E-state index in [9.17, 15) is 8.78 Å². The second kappa shape index (κ2) is 4.86. The Morgan fingerprint density at radius 3 is 2.65 bits per heavy atom. The first-order valence-electron chi connectivity index (χ1n) is 5.14. The van der Waals surface area contributed by atoms with Gasteiger partial charge in [0, 0.05) is 24.1 Å². The fourth-order valence-electron chi connectivity index (χ4n) is 1.44. The molecule has 5 heteroatoms. The van der Waals surface area contributed by atoms with Crippen LogP contribution in [0.25, 0.3) is 0 Å². The molecule has 0 saturated carbocycles. The van der Waals surface area contributed by atoms with E-state index in [4.69, 9.17) is 0 Å². The van der Waals surface area contributed by atoms with E-state index in [1.54, 1.807) is 18.6 Å². The third-order valence-electron chi connectivity index (χ3n) is 2.33. The van der Waals surface area contributed by atoms with Gasteiger partial charge in [-0.2, -0.15) is 0 Å². The highest BCUT2D eigenvalue weighted by molar-refractivity contribution is 5.45. The monoisotopic (exact) mass is 235 g/mol. The quantitative estimate of drug-likeness (QED) is 0.888. The summed E-state index contributed by atoms with van der Waals surface area (Å²) in [4.78, 5) is 8.06. The summed E-state index contributed by atoms with van der Waals surface area (Å²) in [7, 11) is 0. The summed E-state index contributed by atoms with van der Waals surface area (Å²) >= 11 is 0. The highest BCUT2D eigenvalue weighted by atomic mass is 19.2. The summed E-state index contributed by atoms with van der Waals surface area (Å²) in [5, 5.41) is 3.02. The van der Waals surface area contributed by atoms with E-state index in [2.05, 4.69) is 15.3 Å². The average Bonchev–Trinajstić information content (AvgIpc) is 2.35. The minimum absolute atomic E-state index is 0.131. The van der Waals surface area contributed by atoms with Gasteiger partial charge in [-0.15, -0.1) is 0 Å². The van der Waals surface area contributed by atoms with Gasteiger partial charge in [0.2, 0.25) is 0 Å². The highest BCUT2D eigenvalue weighted by Gasteiger charge is 2.08. The summed E-state index contributed by atoms with van der Waals surface area (Å²) in [5.74, 6) is -1.73. The molecule has 17 heavy (non-hydrogen) atoms. The number of hydrogen-bond acceptors (Lipinski definition) is 3. The van der Waals surface area contributed by atoms with Gasteiger partial charge in [0.1, 0.15) is 0 Å². The van der Waals surface area contributed by atoms with Crippen molar-refractivity contribution in [2.45, 2.75) is 13.0 Å². The van der Waals surface area contributed by atoms with Gasteiger partial charge < -0.3 is 5.32 Å². The van der Waals surface area contributed by atoms with Crippen LogP contribution in [-0.4, -0.2) is 9.97 Å². The van der Waals surface area contributed by atoms with Crippen molar-refractivity contribution in [1.29, 1.82) is 0 Å². The second-order valence-electron chi connectivity index (χ2n) is 3.63. The van der Waals surface area contributed by atoms with E-state index in [-0.39, 0.29) is 6.04 Å². The zero-order chi connectivity index (χ0) is 12.3. The average molecular weight is 235 g/mol. The Hall–Kier alpha value is -2.04. The number of halogens is 2. The Bertz CT molecular complexity index is 502. The summed E-state index contributed by atoms with van der Waals surface area (Å²) < 4.78 is 25.7. The predicted molar refractivity (Wildman–Crippen MR) is 60.4 cm³/mol. The summed E-state index contributed by atoms with van der Waals surface area (Å²) in [6.45, 7) is 1.87. The molecule has 1 N–H and O–H groups in total. The van der Waals surface area contributed by atoms with E-state index in [1.165, 1.54) is 6.07 Å².